The summed E-state index contributed by atoms with van der Waals surface area (Å²) in [5.74, 6) is 0. The normalized spacial score (nSPS) is 9.52. The van der Waals surface area contributed by atoms with Gasteiger partial charge in [-0.25, -0.2) is 9.78 Å². The second kappa shape index (κ2) is 13.3. The second-order valence-corrected chi connectivity index (χ2v) is 5.32. The van der Waals surface area contributed by atoms with E-state index in [0.29, 0.717) is 0 Å². The van der Waals surface area contributed by atoms with Crippen molar-refractivity contribution in [2.75, 3.05) is 14.2 Å². The topological polar surface area (TPSA) is 71.8 Å². The molecule has 1 radical (unpaired) electrons. The molecule has 1 aromatic heterocycles. The Morgan fingerprint density at radius 3 is 2.04 bits per heavy atom. The van der Waals surface area contributed by atoms with Crippen molar-refractivity contribution >= 4 is 0 Å². The van der Waals surface area contributed by atoms with Crippen LogP contribution in [0.3, 0.4) is 0 Å². The molecule has 0 saturated carbocycles. The number of rotatable bonds is 1. The van der Waals surface area contributed by atoms with Gasteiger partial charge in [-0.2, -0.15) is 0 Å². The van der Waals surface area contributed by atoms with Crippen molar-refractivity contribution in [3.8, 4) is 11.3 Å². The van der Waals surface area contributed by atoms with Crippen molar-refractivity contribution in [1.82, 2.24) is 4.98 Å². The Labute approximate surface area is 151 Å². The summed E-state index contributed by atoms with van der Waals surface area (Å²) < 4.78 is 0. The zero-order chi connectivity index (χ0) is 17.0. The van der Waals surface area contributed by atoms with Gasteiger partial charge in [-0.3, -0.25) is 10.5 Å². The van der Waals surface area contributed by atoms with Gasteiger partial charge in [-0.1, -0.05) is 26.8 Å². The fraction of sp³-hybridized carbons (Fsp3) is 0.353. The molecule has 2 rings (SSSR count). The van der Waals surface area contributed by atoms with Crippen LogP contribution in [0.4, 0.5) is 0 Å². The van der Waals surface area contributed by atoms with Crippen LogP contribution in [0.1, 0.15) is 26.3 Å². The molecule has 0 fully saturated rings. The van der Waals surface area contributed by atoms with Gasteiger partial charge in [0.2, 0.25) is 0 Å². The van der Waals surface area contributed by atoms with Crippen LogP contribution in [0.2, 0.25) is 0 Å². The van der Waals surface area contributed by atoms with Crippen LogP contribution in [-0.2, 0) is 35.3 Å². The molecule has 0 amide bonds. The van der Waals surface area contributed by atoms with E-state index in [-0.39, 0.29) is 25.5 Å². The Morgan fingerprint density at radius 1 is 1.04 bits per heavy atom. The molecular formula is C17H24IrNO4-. The summed E-state index contributed by atoms with van der Waals surface area (Å²) in [6.45, 7) is 6.63. The van der Waals surface area contributed by atoms with E-state index in [4.69, 9.17) is 10.5 Å². The standard InChI is InChI=1S/C15H16N.2CH4O2.Ir/c1-15(2,3)13-9-10-16-14(11-13)12-7-5-4-6-8-12;2*1-3-2;/h4-7,9-11H,1-3H3;2*2H,1H3;/q-1;;;. The maximum absolute atomic E-state index is 7.07. The van der Waals surface area contributed by atoms with Crippen LogP contribution in [0, 0.1) is 6.07 Å². The molecule has 23 heavy (non-hydrogen) atoms. The van der Waals surface area contributed by atoms with Crippen LogP contribution >= 0.6 is 0 Å². The van der Waals surface area contributed by atoms with Gasteiger partial charge in [-0.15, -0.1) is 35.9 Å². The Balaban J connectivity index is 0. The largest absolute Gasteiger partial charge is 0.305 e. The SMILES string of the molecule is CC(C)(C)c1ccnc(-c2[c-]cccc2)c1.COO.COO.[Ir]. The minimum atomic E-state index is 0. The van der Waals surface area contributed by atoms with Gasteiger partial charge < -0.3 is 4.98 Å². The fourth-order valence-corrected chi connectivity index (χ4v) is 1.60. The number of benzene rings is 1. The summed E-state index contributed by atoms with van der Waals surface area (Å²) in [5, 5.41) is 14.1. The van der Waals surface area contributed by atoms with Gasteiger partial charge >= 0.3 is 0 Å². The summed E-state index contributed by atoms with van der Waals surface area (Å²) in [7, 11) is 2.36. The molecule has 0 unspecified atom stereocenters. The van der Waals surface area contributed by atoms with E-state index < -0.39 is 0 Å². The number of hydrogen-bond acceptors (Lipinski definition) is 5. The van der Waals surface area contributed by atoms with Crippen LogP contribution in [0.25, 0.3) is 11.3 Å². The van der Waals surface area contributed by atoms with Crippen molar-refractivity contribution in [3.63, 3.8) is 0 Å². The number of hydrogen-bond donors (Lipinski definition) is 2. The van der Waals surface area contributed by atoms with E-state index in [1.54, 1.807) is 0 Å². The fourth-order valence-electron chi connectivity index (χ4n) is 1.60. The molecule has 6 heteroatoms. The van der Waals surface area contributed by atoms with Crippen LogP contribution in [0.5, 0.6) is 0 Å². The van der Waals surface area contributed by atoms with Crippen molar-refractivity contribution in [3.05, 3.63) is 54.2 Å². The van der Waals surface area contributed by atoms with Crippen LogP contribution in [-0.4, -0.2) is 29.7 Å². The van der Waals surface area contributed by atoms with E-state index in [1.807, 2.05) is 30.5 Å². The van der Waals surface area contributed by atoms with Crippen molar-refractivity contribution in [1.29, 1.82) is 0 Å². The van der Waals surface area contributed by atoms with Gasteiger partial charge in [0, 0.05) is 26.3 Å². The average Bonchev–Trinajstić information content (AvgIpc) is 2.49. The molecule has 5 nitrogen and oxygen atoms in total. The predicted molar refractivity (Wildman–Crippen MR) is 86.5 cm³/mol. The van der Waals surface area contributed by atoms with Gasteiger partial charge in [0.25, 0.3) is 0 Å². The molecule has 1 heterocycles. The maximum Gasteiger partial charge on any atom is 0.0710 e. The first-order valence-corrected chi connectivity index (χ1v) is 6.69. The summed E-state index contributed by atoms with van der Waals surface area (Å²) >= 11 is 0. The number of aromatic nitrogens is 1. The first-order chi connectivity index (χ1) is 10.4. The number of nitrogens with zero attached hydrogens (tertiary/aromatic N) is 1. The van der Waals surface area contributed by atoms with Crippen molar-refractivity contribution in [2.24, 2.45) is 0 Å². The Bertz CT molecular complexity index is 514. The van der Waals surface area contributed by atoms with E-state index in [1.165, 1.54) is 19.8 Å². The Morgan fingerprint density at radius 2 is 1.61 bits per heavy atom. The average molecular weight is 499 g/mol. The molecule has 0 atom stereocenters. The van der Waals surface area contributed by atoms with Crippen molar-refractivity contribution in [2.45, 2.75) is 26.2 Å². The molecule has 0 bridgehead atoms. The van der Waals surface area contributed by atoms with Gasteiger partial charge in [0.15, 0.2) is 0 Å². The molecule has 2 N–H and O–H groups in total. The molecule has 1 aromatic carbocycles. The number of pyridine rings is 1. The summed E-state index contributed by atoms with van der Waals surface area (Å²) in [6, 6.07) is 15.4. The third-order valence-electron chi connectivity index (χ3n) is 2.61. The first kappa shape index (κ1) is 24.1. The second-order valence-electron chi connectivity index (χ2n) is 5.32. The monoisotopic (exact) mass is 499 g/mol. The predicted octanol–water partition coefficient (Wildman–Crippen LogP) is 4.06. The third kappa shape index (κ3) is 10.3. The first-order valence-electron chi connectivity index (χ1n) is 6.69. The van der Waals surface area contributed by atoms with E-state index in [9.17, 15) is 0 Å². The van der Waals surface area contributed by atoms with Gasteiger partial charge in [0.1, 0.15) is 0 Å². The quantitative estimate of drug-likeness (QED) is 0.353. The summed E-state index contributed by atoms with van der Waals surface area (Å²) in [6.07, 6.45) is 1.87. The van der Waals surface area contributed by atoms with Gasteiger partial charge in [-0.05, 0) is 22.7 Å². The molecule has 0 saturated heterocycles. The van der Waals surface area contributed by atoms with E-state index in [0.717, 1.165) is 11.3 Å². The summed E-state index contributed by atoms with van der Waals surface area (Å²) in [4.78, 5) is 10.9. The van der Waals surface area contributed by atoms with E-state index in [2.05, 4.69) is 53.7 Å². The molecule has 0 spiro atoms. The molecule has 131 valence electrons. The van der Waals surface area contributed by atoms with Crippen molar-refractivity contribution < 1.29 is 40.4 Å². The smallest absolute Gasteiger partial charge is 0.0710 e. The molecule has 0 aliphatic rings. The minimum absolute atomic E-state index is 0. The van der Waals surface area contributed by atoms with Gasteiger partial charge in [0.05, 0.1) is 14.2 Å². The Hall–Kier alpha value is -1.14. The Kier molecular flexibility index (Phi) is 14.0. The molecular weight excluding hydrogens is 474 g/mol. The third-order valence-corrected chi connectivity index (χ3v) is 2.61. The molecule has 0 aliphatic heterocycles. The molecule has 2 aromatic rings. The zero-order valence-corrected chi connectivity index (χ0v) is 16.4. The van der Waals surface area contributed by atoms with Crippen LogP contribution < -0.4 is 0 Å². The van der Waals surface area contributed by atoms with E-state index >= 15 is 0 Å². The minimum Gasteiger partial charge on any atom is -0.305 e. The molecule has 0 aliphatic carbocycles. The maximum atomic E-state index is 7.07. The zero-order valence-electron chi connectivity index (χ0n) is 14.0. The summed E-state index contributed by atoms with van der Waals surface area (Å²) in [5.41, 5.74) is 3.50. The van der Waals surface area contributed by atoms with Crippen LogP contribution in [0.15, 0.2) is 42.6 Å².